The van der Waals surface area contributed by atoms with Crippen molar-refractivity contribution in [1.82, 2.24) is 14.5 Å². The van der Waals surface area contributed by atoms with Gasteiger partial charge < -0.3 is 9.47 Å². The Morgan fingerprint density at radius 2 is 1.80 bits per heavy atom. The van der Waals surface area contributed by atoms with E-state index in [1.54, 1.807) is 29.9 Å². The van der Waals surface area contributed by atoms with Gasteiger partial charge >= 0.3 is 6.18 Å². The highest BCUT2D eigenvalue weighted by Crippen LogP contribution is 2.63. The zero-order valence-corrected chi connectivity index (χ0v) is 25.9. The highest BCUT2D eigenvalue weighted by molar-refractivity contribution is 5.99. The van der Waals surface area contributed by atoms with E-state index in [1.807, 2.05) is 6.07 Å². The normalized spacial score (nSPS) is 26.0. The van der Waals surface area contributed by atoms with Crippen LogP contribution in [0.3, 0.4) is 0 Å². The van der Waals surface area contributed by atoms with E-state index in [4.69, 9.17) is 0 Å². The van der Waals surface area contributed by atoms with Gasteiger partial charge in [-0.2, -0.15) is 18.4 Å². The molecule has 1 unspecified atom stereocenters. The van der Waals surface area contributed by atoms with Crippen molar-refractivity contribution in [3.8, 4) is 6.07 Å². The lowest BCUT2D eigenvalue weighted by molar-refractivity contribution is -0.136. The number of pyridine rings is 1. The first-order valence-electron chi connectivity index (χ1n) is 15.8. The van der Waals surface area contributed by atoms with Crippen molar-refractivity contribution in [3.05, 3.63) is 76.8 Å². The summed E-state index contributed by atoms with van der Waals surface area (Å²) in [6.45, 7) is 11.0. The number of hydrogen-bond donors (Lipinski definition) is 0. The molecule has 5 nitrogen and oxygen atoms in total. The van der Waals surface area contributed by atoms with Gasteiger partial charge in [0.25, 0.3) is 0 Å². The van der Waals surface area contributed by atoms with E-state index >= 15 is 0 Å². The van der Waals surface area contributed by atoms with Crippen LogP contribution in [0.15, 0.2) is 48.9 Å². The number of carbonyl (C=O) groups excluding carboxylic acids is 1. The minimum Gasteiger partial charge on any atom is -0.375 e. The van der Waals surface area contributed by atoms with Crippen LogP contribution >= 0.6 is 0 Å². The van der Waals surface area contributed by atoms with Crippen molar-refractivity contribution in [2.24, 2.45) is 23.8 Å². The van der Waals surface area contributed by atoms with Crippen LogP contribution in [0.2, 0.25) is 0 Å². The van der Waals surface area contributed by atoms with Gasteiger partial charge in [0.05, 0.1) is 17.2 Å². The smallest absolute Gasteiger partial charge is 0.375 e. The van der Waals surface area contributed by atoms with Crippen molar-refractivity contribution >= 4 is 16.8 Å². The van der Waals surface area contributed by atoms with Crippen LogP contribution in [0, 0.1) is 28.1 Å². The number of fused-ring (bicyclic) bond motifs is 2. The number of aryl methyl sites for hydroxylation is 1. The molecule has 3 aliphatic rings. The largest absolute Gasteiger partial charge is 0.417 e. The number of piperidine rings is 1. The molecule has 1 aliphatic heterocycles. The molecule has 0 spiro atoms. The molecule has 2 saturated carbocycles. The maximum absolute atomic E-state index is 14.8. The maximum atomic E-state index is 14.8. The molecule has 3 atom stereocenters. The second-order valence-electron chi connectivity index (χ2n) is 14.0. The Balaban J connectivity index is 1.25. The lowest BCUT2D eigenvalue weighted by atomic mass is 9.60. The topological polar surface area (TPSA) is 61.9 Å². The molecular formula is C36H41F3N4O. The first-order chi connectivity index (χ1) is 20.8. The standard InChI is InChI=1S/C36H41F3N4O/c1-23(28-18-34(2)12-5-6-13-35(34,3)19-28)43-14-10-25(11-15-43)29-22-42(4)33-31(29)32(36(37,38)39)27(21-41-33)17-30(44)26-9-7-8-24(16-26)20-40/h7-9,16,21-22,25,28H,1,5-6,10-15,17-19H2,2-4H3/t28?,34-,35+. The minimum absolute atomic E-state index is 0.0508. The number of nitrogens with zero attached hydrogens (tertiary/aromatic N) is 4. The third-order valence-corrected chi connectivity index (χ3v) is 11.4. The number of Topliss-reactive ketones (excluding diaryl/α,β-unsaturated/α-hetero) is 1. The van der Waals surface area contributed by atoms with Crippen LogP contribution in [0.25, 0.3) is 11.0 Å². The van der Waals surface area contributed by atoms with Crippen LogP contribution in [-0.2, 0) is 19.6 Å². The summed E-state index contributed by atoms with van der Waals surface area (Å²) in [6.07, 6.45) is 6.88. The third kappa shape index (κ3) is 5.22. The van der Waals surface area contributed by atoms with Gasteiger partial charge in [0, 0.05) is 55.6 Å². The average Bonchev–Trinajstić information content (AvgIpc) is 3.48. The summed E-state index contributed by atoms with van der Waals surface area (Å²) in [5.41, 5.74) is 2.44. The molecule has 232 valence electrons. The number of aromatic nitrogens is 2. The summed E-state index contributed by atoms with van der Waals surface area (Å²) in [7, 11) is 1.73. The van der Waals surface area contributed by atoms with Gasteiger partial charge in [0.2, 0.25) is 0 Å². The van der Waals surface area contributed by atoms with Crippen LogP contribution < -0.4 is 0 Å². The average molecular weight is 603 g/mol. The van der Waals surface area contributed by atoms with Gasteiger partial charge in [-0.1, -0.05) is 45.4 Å². The second-order valence-corrected chi connectivity index (χ2v) is 14.0. The Morgan fingerprint density at radius 1 is 1.14 bits per heavy atom. The Labute approximate surface area is 257 Å². The predicted molar refractivity (Wildman–Crippen MR) is 165 cm³/mol. The highest BCUT2D eigenvalue weighted by atomic mass is 19.4. The second kappa shape index (κ2) is 11.1. The molecule has 0 N–H and O–H groups in total. The molecule has 2 aromatic heterocycles. The number of allylic oxidation sites excluding steroid dienone is 1. The number of benzene rings is 1. The molecule has 0 bridgehead atoms. The molecule has 0 amide bonds. The monoisotopic (exact) mass is 602 g/mol. The van der Waals surface area contributed by atoms with Crippen molar-refractivity contribution in [3.63, 3.8) is 0 Å². The Hall–Kier alpha value is -3.60. The van der Waals surface area contributed by atoms with Gasteiger partial charge in [0.15, 0.2) is 5.78 Å². The van der Waals surface area contributed by atoms with Gasteiger partial charge in [-0.05, 0) is 84.5 Å². The summed E-state index contributed by atoms with van der Waals surface area (Å²) < 4.78 is 46.1. The molecule has 0 radical (unpaired) electrons. The molecule has 3 heterocycles. The van der Waals surface area contributed by atoms with Crippen molar-refractivity contribution in [2.45, 2.75) is 83.7 Å². The van der Waals surface area contributed by atoms with Crippen molar-refractivity contribution in [1.29, 1.82) is 5.26 Å². The quantitative estimate of drug-likeness (QED) is 0.265. The first-order valence-corrected chi connectivity index (χ1v) is 15.8. The van der Waals surface area contributed by atoms with Crippen LogP contribution in [0.1, 0.15) is 104 Å². The number of alkyl halides is 3. The van der Waals surface area contributed by atoms with Crippen LogP contribution in [0.4, 0.5) is 13.2 Å². The summed E-state index contributed by atoms with van der Waals surface area (Å²) in [6, 6.07) is 8.04. The SMILES string of the molecule is C=C(C1C[C@]2(C)CCCC[C@]2(C)C1)N1CCC(c2cn(C)c3ncc(CC(=O)c4cccc(C#N)c4)c(C(F)(F)F)c23)CC1. The lowest BCUT2D eigenvalue weighted by Crippen LogP contribution is -2.35. The van der Waals surface area contributed by atoms with E-state index in [2.05, 4.69) is 30.3 Å². The molecule has 3 fully saturated rings. The van der Waals surface area contributed by atoms with Crippen LogP contribution in [0.5, 0.6) is 0 Å². The molecular weight excluding hydrogens is 561 g/mol. The van der Waals surface area contributed by atoms with E-state index in [-0.39, 0.29) is 33.6 Å². The van der Waals surface area contributed by atoms with E-state index in [0.29, 0.717) is 22.3 Å². The summed E-state index contributed by atoms with van der Waals surface area (Å²) in [5, 5.41) is 9.30. The maximum Gasteiger partial charge on any atom is 0.417 e. The van der Waals surface area contributed by atoms with E-state index in [9.17, 15) is 23.2 Å². The Bertz CT molecular complexity index is 1640. The van der Waals surface area contributed by atoms with E-state index in [0.717, 1.165) is 25.9 Å². The minimum atomic E-state index is -4.66. The highest BCUT2D eigenvalue weighted by Gasteiger charge is 2.54. The number of ketones is 1. The van der Waals surface area contributed by atoms with Gasteiger partial charge in [0.1, 0.15) is 5.65 Å². The Kier molecular flexibility index (Phi) is 7.66. The number of likely N-dealkylation sites (tertiary alicyclic amines) is 1. The van der Waals surface area contributed by atoms with Crippen molar-refractivity contribution in [2.75, 3.05) is 13.1 Å². The molecule has 44 heavy (non-hydrogen) atoms. The molecule has 1 aromatic carbocycles. The summed E-state index contributed by atoms with van der Waals surface area (Å²) in [5.74, 6) is -0.0650. The van der Waals surface area contributed by atoms with Gasteiger partial charge in [-0.3, -0.25) is 4.79 Å². The number of carbonyl (C=O) groups is 1. The van der Waals surface area contributed by atoms with Gasteiger partial charge in [-0.15, -0.1) is 0 Å². The number of rotatable bonds is 6. The zero-order chi connectivity index (χ0) is 31.4. The zero-order valence-electron chi connectivity index (χ0n) is 25.9. The number of nitriles is 1. The fourth-order valence-electron chi connectivity index (χ4n) is 8.68. The van der Waals surface area contributed by atoms with Gasteiger partial charge in [-0.25, -0.2) is 4.98 Å². The van der Waals surface area contributed by atoms with Crippen LogP contribution in [-0.4, -0.2) is 33.3 Å². The fraction of sp³-hybridized carbons (Fsp3) is 0.528. The fourth-order valence-corrected chi connectivity index (χ4v) is 8.68. The Morgan fingerprint density at radius 3 is 2.41 bits per heavy atom. The van der Waals surface area contributed by atoms with Crippen molar-refractivity contribution < 1.29 is 18.0 Å². The molecule has 1 saturated heterocycles. The number of hydrogen-bond acceptors (Lipinski definition) is 4. The summed E-state index contributed by atoms with van der Waals surface area (Å²) >= 11 is 0. The molecule has 8 heteroatoms. The van der Waals surface area contributed by atoms with E-state index < -0.39 is 23.9 Å². The predicted octanol–water partition coefficient (Wildman–Crippen LogP) is 8.58. The molecule has 6 rings (SSSR count). The first kappa shape index (κ1) is 30.4. The third-order valence-electron chi connectivity index (χ3n) is 11.4. The van der Waals surface area contributed by atoms with E-state index in [1.165, 1.54) is 62.6 Å². The molecule has 2 aliphatic carbocycles. The molecule has 3 aromatic rings. The number of halogens is 3. The summed E-state index contributed by atoms with van der Waals surface area (Å²) in [4.78, 5) is 19.9. The lowest BCUT2D eigenvalue weighted by Gasteiger charge is -2.45.